The van der Waals surface area contributed by atoms with Crippen molar-refractivity contribution in [3.63, 3.8) is 0 Å². The minimum Gasteiger partial charge on any atom is -0.497 e. The Hall–Kier alpha value is -2.23. The number of anilines is 2. The SMILES string of the molecule is CCN(CC)c1ccc(NC(=O)CSc2nnc(SCc3ccc(OC)cc3)s2)cc1. The van der Waals surface area contributed by atoms with Crippen LogP contribution in [0.3, 0.4) is 0 Å². The molecule has 1 aromatic heterocycles. The van der Waals surface area contributed by atoms with Gasteiger partial charge < -0.3 is 15.0 Å². The minimum atomic E-state index is -0.0526. The molecule has 1 heterocycles. The van der Waals surface area contributed by atoms with Crippen molar-refractivity contribution in [1.29, 1.82) is 0 Å². The summed E-state index contributed by atoms with van der Waals surface area (Å²) in [5.41, 5.74) is 3.15. The zero-order valence-electron chi connectivity index (χ0n) is 17.8. The van der Waals surface area contributed by atoms with Gasteiger partial charge in [0.1, 0.15) is 5.75 Å². The number of methoxy groups -OCH3 is 1. The third kappa shape index (κ3) is 7.15. The number of carbonyl (C=O) groups is 1. The molecule has 3 rings (SSSR count). The van der Waals surface area contributed by atoms with E-state index in [2.05, 4.69) is 34.3 Å². The van der Waals surface area contributed by atoms with Gasteiger partial charge in [0.25, 0.3) is 0 Å². The molecule has 1 amide bonds. The Morgan fingerprint density at radius 2 is 1.65 bits per heavy atom. The number of amides is 1. The first-order chi connectivity index (χ1) is 15.1. The number of nitrogens with zero attached hydrogens (tertiary/aromatic N) is 3. The summed E-state index contributed by atoms with van der Waals surface area (Å²) < 4.78 is 6.87. The summed E-state index contributed by atoms with van der Waals surface area (Å²) in [6.07, 6.45) is 0. The van der Waals surface area contributed by atoms with E-state index in [0.29, 0.717) is 5.75 Å². The summed E-state index contributed by atoms with van der Waals surface area (Å²) in [4.78, 5) is 14.6. The first-order valence-corrected chi connectivity index (χ1v) is 12.8. The van der Waals surface area contributed by atoms with Crippen LogP contribution < -0.4 is 15.0 Å². The molecule has 0 aliphatic carbocycles. The van der Waals surface area contributed by atoms with Gasteiger partial charge in [-0.3, -0.25) is 4.79 Å². The first-order valence-electron chi connectivity index (χ1n) is 9.98. The van der Waals surface area contributed by atoms with Crippen molar-refractivity contribution in [2.24, 2.45) is 0 Å². The summed E-state index contributed by atoms with van der Waals surface area (Å²) >= 11 is 4.56. The maximum atomic E-state index is 12.3. The molecule has 9 heteroatoms. The van der Waals surface area contributed by atoms with Crippen LogP contribution in [-0.2, 0) is 10.5 Å². The predicted octanol–water partition coefficient (Wildman–Crippen LogP) is 5.42. The molecule has 0 atom stereocenters. The lowest BCUT2D eigenvalue weighted by molar-refractivity contribution is -0.113. The Labute approximate surface area is 195 Å². The molecule has 0 aliphatic rings. The minimum absolute atomic E-state index is 0.0526. The maximum Gasteiger partial charge on any atom is 0.234 e. The lowest BCUT2D eigenvalue weighted by Gasteiger charge is -2.21. The quantitative estimate of drug-likeness (QED) is 0.372. The molecule has 6 nitrogen and oxygen atoms in total. The fourth-order valence-corrected chi connectivity index (χ4v) is 5.63. The van der Waals surface area contributed by atoms with Crippen molar-refractivity contribution < 1.29 is 9.53 Å². The van der Waals surface area contributed by atoms with Crippen molar-refractivity contribution in [2.75, 3.05) is 36.2 Å². The Kier molecular flexibility index (Phi) is 9.05. The Morgan fingerprint density at radius 1 is 1.00 bits per heavy atom. The molecule has 0 saturated heterocycles. The van der Waals surface area contributed by atoms with Crippen molar-refractivity contribution in [2.45, 2.75) is 28.3 Å². The van der Waals surface area contributed by atoms with Gasteiger partial charge in [-0.1, -0.05) is 47.0 Å². The molecule has 0 fully saturated rings. The van der Waals surface area contributed by atoms with Gasteiger partial charge in [-0.2, -0.15) is 0 Å². The largest absolute Gasteiger partial charge is 0.497 e. The average Bonchev–Trinajstić information content (AvgIpc) is 3.26. The maximum absolute atomic E-state index is 12.3. The number of thioether (sulfide) groups is 2. The van der Waals surface area contributed by atoms with Gasteiger partial charge in [-0.25, -0.2) is 0 Å². The molecule has 164 valence electrons. The Bertz CT molecular complexity index is 958. The van der Waals surface area contributed by atoms with E-state index < -0.39 is 0 Å². The fourth-order valence-electron chi connectivity index (χ4n) is 2.85. The van der Waals surface area contributed by atoms with Crippen LogP contribution in [0.5, 0.6) is 5.75 Å². The van der Waals surface area contributed by atoms with Gasteiger partial charge in [0, 0.05) is 30.2 Å². The summed E-state index contributed by atoms with van der Waals surface area (Å²) in [5, 5.41) is 11.3. The van der Waals surface area contributed by atoms with Crippen LogP contribution in [-0.4, -0.2) is 42.1 Å². The standard InChI is InChI=1S/C22H26N4O2S3/c1-4-26(5-2)18-10-8-17(9-11-18)23-20(27)15-30-22-25-24-21(31-22)29-14-16-6-12-19(28-3)13-7-16/h6-13H,4-5,14-15H2,1-3H3,(H,23,27). The van der Waals surface area contributed by atoms with Gasteiger partial charge in [0.15, 0.2) is 8.68 Å². The van der Waals surface area contributed by atoms with Gasteiger partial charge in [-0.05, 0) is 55.8 Å². The smallest absolute Gasteiger partial charge is 0.234 e. The molecule has 31 heavy (non-hydrogen) atoms. The molecule has 0 aliphatic heterocycles. The van der Waals surface area contributed by atoms with Crippen LogP contribution in [0.25, 0.3) is 0 Å². The molecule has 2 aromatic carbocycles. The Morgan fingerprint density at radius 3 is 2.26 bits per heavy atom. The number of benzene rings is 2. The van der Waals surface area contributed by atoms with Gasteiger partial charge in [-0.15, -0.1) is 10.2 Å². The van der Waals surface area contributed by atoms with Crippen molar-refractivity contribution >= 4 is 52.1 Å². The van der Waals surface area contributed by atoms with Crippen LogP contribution in [0.1, 0.15) is 19.4 Å². The zero-order chi connectivity index (χ0) is 22.1. The van der Waals surface area contributed by atoms with Crippen molar-refractivity contribution in [3.8, 4) is 5.75 Å². The molecular weight excluding hydrogens is 448 g/mol. The van der Waals surface area contributed by atoms with E-state index in [4.69, 9.17) is 4.74 Å². The molecule has 3 aromatic rings. The molecule has 0 saturated carbocycles. The monoisotopic (exact) mass is 474 g/mol. The van der Waals surface area contributed by atoms with Crippen molar-refractivity contribution in [3.05, 3.63) is 54.1 Å². The number of aromatic nitrogens is 2. The first kappa shape index (κ1) is 23.4. The van der Waals surface area contributed by atoms with Crippen molar-refractivity contribution in [1.82, 2.24) is 10.2 Å². The lowest BCUT2D eigenvalue weighted by Crippen LogP contribution is -2.21. The summed E-state index contributed by atoms with van der Waals surface area (Å²) in [5.74, 6) is 1.91. The number of hydrogen-bond acceptors (Lipinski definition) is 8. The lowest BCUT2D eigenvalue weighted by atomic mass is 10.2. The number of rotatable bonds is 11. The highest BCUT2D eigenvalue weighted by molar-refractivity contribution is 8.03. The molecule has 0 radical (unpaired) electrons. The summed E-state index contributed by atoms with van der Waals surface area (Å²) in [7, 11) is 1.66. The molecule has 1 N–H and O–H groups in total. The van der Waals surface area contributed by atoms with E-state index in [1.54, 1.807) is 18.9 Å². The third-order valence-electron chi connectivity index (χ3n) is 4.52. The fraction of sp³-hybridized carbons (Fsp3) is 0.318. The van der Waals surface area contributed by atoms with Crippen LogP contribution in [0.2, 0.25) is 0 Å². The van der Waals surface area contributed by atoms with Crippen LogP contribution in [0, 0.1) is 0 Å². The highest BCUT2D eigenvalue weighted by Crippen LogP contribution is 2.31. The number of nitrogens with one attached hydrogen (secondary N) is 1. The second kappa shape index (κ2) is 12.0. The van der Waals surface area contributed by atoms with E-state index in [1.165, 1.54) is 28.7 Å². The topological polar surface area (TPSA) is 67.4 Å². The zero-order valence-corrected chi connectivity index (χ0v) is 20.3. The normalized spacial score (nSPS) is 10.7. The van der Waals surface area contributed by atoms with Gasteiger partial charge >= 0.3 is 0 Å². The Balaban J connectivity index is 1.43. The van der Waals surface area contributed by atoms with Crippen LogP contribution in [0.4, 0.5) is 11.4 Å². The van der Waals surface area contributed by atoms with E-state index >= 15 is 0 Å². The number of carbonyl (C=O) groups excluding carboxylic acids is 1. The second-order valence-corrected chi connectivity index (χ2v) is 9.95. The van der Waals surface area contributed by atoms with Gasteiger partial charge in [0.2, 0.25) is 5.91 Å². The second-order valence-electron chi connectivity index (χ2n) is 6.53. The predicted molar refractivity (Wildman–Crippen MR) is 132 cm³/mol. The molecule has 0 bridgehead atoms. The number of hydrogen-bond donors (Lipinski definition) is 1. The molecular formula is C22H26N4O2S3. The summed E-state index contributed by atoms with van der Waals surface area (Å²) in [6, 6.07) is 15.9. The van der Waals surface area contributed by atoms with Crippen LogP contribution in [0.15, 0.2) is 57.2 Å². The average molecular weight is 475 g/mol. The highest BCUT2D eigenvalue weighted by atomic mass is 32.2. The van der Waals surface area contributed by atoms with E-state index in [0.717, 1.165) is 44.6 Å². The van der Waals surface area contributed by atoms with E-state index in [-0.39, 0.29) is 5.91 Å². The molecule has 0 spiro atoms. The highest BCUT2D eigenvalue weighted by Gasteiger charge is 2.10. The van der Waals surface area contributed by atoms with Crippen LogP contribution >= 0.6 is 34.9 Å². The van der Waals surface area contributed by atoms with E-state index in [1.807, 2.05) is 48.5 Å². The van der Waals surface area contributed by atoms with Gasteiger partial charge in [0.05, 0.1) is 12.9 Å². The summed E-state index contributed by atoms with van der Waals surface area (Å²) in [6.45, 7) is 6.18. The molecule has 0 unspecified atom stereocenters. The van der Waals surface area contributed by atoms with E-state index in [9.17, 15) is 4.79 Å². The third-order valence-corrected chi connectivity index (χ3v) is 7.78. The number of ether oxygens (including phenoxy) is 1.